The van der Waals surface area contributed by atoms with E-state index in [1.165, 1.54) is 43.2 Å². The molecule has 0 radical (unpaired) electrons. The quantitative estimate of drug-likeness (QED) is 0.542. The lowest BCUT2D eigenvalue weighted by Gasteiger charge is -2.38. The third-order valence-corrected chi connectivity index (χ3v) is 7.10. The summed E-state index contributed by atoms with van der Waals surface area (Å²) in [5.74, 6) is -0.648. The molecule has 7 nitrogen and oxygen atoms in total. The molecule has 1 aromatic carbocycles. The molecule has 2 aromatic rings. The highest BCUT2D eigenvalue weighted by atomic mass is 16.5. The second-order valence-electron chi connectivity index (χ2n) is 8.84. The highest BCUT2D eigenvalue weighted by Crippen LogP contribution is 2.44. The van der Waals surface area contributed by atoms with Crippen LogP contribution in [0.25, 0.3) is 0 Å². The van der Waals surface area contributed by atoms with Crippen LogP contribution in [0, 0.1) is 10.6 Å². The number of ketones is 2. The highest BCUT2D eigenvalue weighted by molar-refractivity contribution is 6.26. The second kappa shape index (κ2) is 7.06. The van der Waals surface area contributed by atoms with Crippen molar-refractivity contribution in [2.45, 2.75) is 64.0 Å². The standard InChI is InChI=1S/C22H26N4O3/c27-20-16-7-1-2-8-17(16)21(28)19-18(20)24-26(29)25(19)13-5-6-15-9-12-22(14-23-15)10-3-4-11-22/h1-2,7-8,15,23H,3-6,9-14H2. The first kappa shape index (κ1) is 18.5. The predicted octanol–water partition coefficient (Wildman–Crippen LogP) is 2.38. The van der Waals surface area contributed by atoms with Crippen LogP contribution < -0.4 is 10.3 Å². The molecule has 0 amide bonds. The molecule has 1 saturated heterocycles. The lowest BCUT2D eigenvalue weighted by Crippen LogP contribution is -2.45. The monoisotopic (exact) mass is 394 g/mol. The number of hydrogen-bond acceptors (Lipinski definition) is 5. The number of hydrogen-bond donors (Lipinski definition) is 1. The molecule has 1 spiro atoms. The number of fused-ring (bicyclic) bond motifs is 2. The van der Waals surface area contributed by atoms with E-state index in [1.54, 1.807) is 24.3 Å². The van der Waals surface area contributed by atoms with Crippen molar-refractivity contribution in [2.24, 2.45) is 5.41 Å². The molecular formula is C22H26N4O3. The maximum Gasteiger partial charge on any atom is 0.220 e. The third-order valence-electron chi connectivity index (χ3n) is 7.10. The van der Waals surface area contributed by atoms with Gasteiger partial charge in [-0.2, -0.15) is 0 Å². The van der Waals surface area contributed by atoms with Gasteiger partial charge in [-0.25, -0.2) is 0 Å². The maximum absolute atomic E-state index is 12.9. The average molecular weight is 394 g/mol. The Morgan fingerprint density at radius 3 is 2.55 bits per heavy atom. The minimum Gasteiger partial charge on any atom is -0.571 e. The summed E-state index contributed by atoms with van der Waals surface area (Å²) in [5.41, 5.74) is 1.30. The topological polar surface area (TPSA) is 90.9 Å². The molecule has 1 saturated carbocycles. The van der Waals surface area contributed by atoms with Crippen molar-refractivity contribution in [3.63, 3.8) is 0 Å². The predicted molar refractivity (Wildman–Crippen MR) is 106 cm³/mol. The molecule has 29 heavy (non-hydrogen) atoms. The van der Waals surface area contributed by atoms with Crippen molar-refractivity contribution in [3.8, 4) is 0 Å². The Morgan fingerprint density at radius 2 is 1.86 bits per heavy atom. The smallest absolute Gasteiger partial charge is 0.220 e. The van der Waals surface area contributed by atoms with Crippen molar-refractivity contribution < 1.29 is 14.5 Å². The molecule has 1 aliphatic heterocycles. The highest BCUT2D eigenvalue weighted by Gasteiger charge is 2.40. The van der Waals surface area contributed by atoms with E-state index >= 15 is 0 Å². The van der Waals surface area contributed by atoms with Crippen molar-refractivity contribution >= 4 is 11.6 Å². The second-order valence-corrected chi connectivity index (χ2v) is 8.84. The Balaban J connectivity index is 1.27. The Morgan fingerprint density at radius 1 is 1.14 bits per heavy atom. The van der Waals surface area contributed by atoms with Gasteiger partial charge in [-0.3, -0.25) is 9.59 Å². The first-order chi connectivity index (χ1) is 14.1. The van der Waals surface area contributed by atoms with Crippen LogP contribution in [0.1, 0.15) is 83.5 Å². The minimum absolute atomic E-state index is 0.0253. The normalized spacial score (nSPS) is 22.7. The SMILES string of the molecule is O=C1c2ccccc2C(=O)c2c1n[n+]([O-])n2CCCC1CCC2(CCCC2)CN1. The zero-order chi connectivity index (χ0) is 20.0. The first-order valence-electron chi connectivity index (χ1n) is 10.7. The average Bonchev–Trinajstić information content (AvgIpc) is 3.33. The summed E-state index contributed by atoms with van der Waals surface area (Å²) in [6.45, 7) is 1.49. The van der Waals surface area contributed by atoms with Gasteiger partial charge < -0.3 is 10.5 Å². The van der Waals surface area contributed by atoms with Gasteiger partial charge in [-0.1, -0.05) is 37.1 Å². The number of carbonyl (C=O) groups is 2. The van der Waals surface area contributed by atoms with Crippen molar-refractivity contribution in [1.29, 1.82) is 0 Å². The Labute approximate surface area is 169 Å². The molecular weight excluding hydrogens is 368 g/mol. The van der Waals surface area contributed by atoms with Gasteiger partial charge in [-0.05, 0) is 43.9 Å². The summed E-state index contributed by atoms with van der Waals surface area (Å²) in [6, 6.07) is 7.14. The number of rotatable bonds is 4. The van der Waals surface area contributed by atoms with Gasteiger partial charge in [0.1, 0.15) is 0 Å². The van der Waals surface area contributed by atoms with Gasteiger partial charge in [0.25, 0.3) is 0 Å². The van der Waals surface area contributed by atoms with Crippen molar-refractivity contribution in [3.05, 3.63) is 52.0 Å². The molecule has 2 fully saturated rings. The van der Waals surface area contributed by atoms with Crippen LogP contribution in [0.5, 0.6) is 0 Å². The molecule has 2 heterocycles. The fourth-order valence-corrected chi connectivity index (χ4v) is 5.42. The van der Waals surface area contributed by atoms with Crippen LogP contribution in [0.15, 0.2) is 24.3 Å². The molecule has 2 aliphatic carbocycles. The van der Waals surface area contributed by atoms with Crippen molar-refractivity contribution in [2.75, 3.05) is 6.54 Å². The van der Waals surface area contributed by atoms with Crippen LogP contribution >= 0.6 is 0 Å². The van der Waals surface area contributed by atoms with Gasteiger partial charge in [0.2, 0.25) is 17.3 Å². The van der Waals surface area contributed by atoms with Gasteiger partial charge in [0.05, 0.1) is 6.54 Å². The lowest BCUT2D eigenvalue weighted by molar-refractivity contribution is -0.749. The van der Waals surface area contributed by atoms with E-state index in [9.17, 15) is 14.8 Å². The van der Waals surface area contributed by atoms with Crippen LogP contribution in [-0.4, -0.2) is 33.9 Å². The fourth-order valence-electron chi connectivity index (χ4n) is 5.42. The summed E-state index contributed by atoms with van der Waals surface area (Å²) in [7, 11) is 0. The lowest BCUT2D eigenvalue weighted by atomic mass is 9.77. The number of piperidine rings is 1. The summed E-state index contributed by atoms with van der Waals surface area (Å²) >= 11 is 0. The van der Waals surface area contributed by atoms with E-state index in [0.717, 1.165) is 19.4 Å². The molecule has 1 N–H and O–H groups in total. The van der Waals surface area contributed by atoms with Crippen LogP contribution in [-0.2, 0) is 6.54 Å². The maximum atomic E-state index is 12.9. The van der Waals surface area contributed by atoms with Gasteiger partial charge in [0, 0.05) is 33.8 Å². The molecule has 1 unspecified atom stereocenters. The molecule has 7 heteroatoms. The zero-order valence-electron chi connectivity index (χ0n) is 16.5. The summed E-state index contributed by atoms with van der Waals surface area (Å²) in [6.07, 6.45) is 9.58. The fraction of sp³-hybridized carbons (Fsp3) is 0.545. The summed E-state index contributed by atoms with van der Waals surface area (Å²) in [5, 5.41) is 19.9. The van der Waals surface area contributed by atoms with Crippen LogP contribution in [0.2, 0.25) is 0 Å². The van der Waals surface area contributed by atoms with E-state index in [-0.39, 0.29) is 23.0 Å². The number of nitrogens with one attached hydrogen (secondary N) is 1. The van der Waals surface area contributed by atoms with E-state index in [1.807, 2.05) is 0 Å². The minimum atomic E-state index is -0.352. The number of benzene rings is 1. The molecule has 1 aromatic heterocycles. The Bertz CT molecular complexity index is 964. The number of aromatic nitrogens is 3. The van der Waals surface area contributed by atoms with E-state index in [4.69, 9.17) is 0 Å². The van der Waals surface area contributed by atoms with Crippen molar-refractivity contribution in [1.82, 2.24) is 15.1 Å². The van der Waals surface area contributed by atoms with E-state index < -0.39 is 0 Å². The number of nitrogens with zero attached hydrogens (tertiary/aromatic N) is 3. The Kier molecular flexibility index (Phi) is 4.50. The van der Waals surface area contributed by atoms with Crippen LogP contribution in [0.4, 0.5) is 0 Å². The molecule has 152 valence electrons. The van der Waals surface area contributed by atoms with Crippen LogP contribution in [0.3, 0.4) is 0 Å². The molecule has 5 rings (SSSR count). The van der Waals surface area contributed by atoms with Gasteiger partial charge >= 0.3 is 0 Å². The van der Waals surface area contributed by atoms with Gasteiger partial charge in [0.15, 0.2) is 5.69 Å². The molecule has 1 atom stereocenters. The first-order valence-corrected chi connectivity index (χ1v) is 10.7. The molecule has 3 aliphatic rings. The van der Waals surface area contributed by atoms with Gasteiger partial charge in [-0.15, -0.1) is 4.68 Å². The summed E-state index contributed by atoms with van der Waals surface area (Å²) in [4.78, 5) is 26.0. The molecule has 0 bridgehead atoms. The largest absolute Gasteiger partial charge is 0.571 e. The van der Waals surface area contributed by atoms with E-state index in [0.29, 0.717) is 34.1 Å². The zero-order valence-corrected chi connectivity index (χ0v) is 16.5. The Hall–Kier alpha value is -2.54. The number of carbonyl (C=O) groups excluding carboxylic acids is 2. The third kappa shape index (κ3) is 3.08. The van der Waals surface area contributed by atoms with E-state index in [2.05, 4.69) is 10.4 Å². The summed E-state index contributed by atoms with van der Waals surface area (Å²) < 4.78 is 1.33.